The third-order valence-corrected chi connectivity index (χ3v) is 4.07. The van der Waals surface area contributed by atoms with E-state index >= 15 is 0 Å². The summed E-state index contributed by atoms with van der Waals surface area (Å²) in [5.41, 5.74) is 0. The number of hydrogen-bond donors (Lipinski definition) is 3. The van der Waals surface area contributed by atoms with Crippen LogP contribution in [-0.2, 0) is 0 Å². The molecule has 0 unspecified atom stereocenters. The molecule has 4 nitrogen and oxygen atoms in total. The van der Waals surface area contributed by atoms with Crippen LogP contribution in [0.3, 0.4) is 0 Å². The molecular weight excluding hydrogens is 385 g/mol. The molecule has 20 heavy (non-hydrogen) atoms. The van der Waals surface area contributed by atoms with Gasteiger partial charge in [0.15, 0.2) is 5.96 Å². The zero-order valence-electron chi connectivity index (χ0n) is 12.3. The number of guanidine groups is 1. The van der Waals surface area contributed by atoms with Gasteiger partial charge < -0.3 is 15.7 Å². The smallest absolute Gasteiger partial charge is 0.191 e. The molecule has 0 radical (unpaired) electrons. The van der Waals surface area contributed by atoms with Gasteiger partial charge in [0.25, 0.3) is 0 Å². The van der Waals surface area contributed by atoms with Gasteiger partial charge in [-0.1, -0.05) is 6.08 Å². The van der Waals surface area contributed by atoms with Crippen LogP contribution in [0.1, 0.15) is 32.6 Å². The average Bonchev–Trinajstić information content (AvgIpc) is 2.41. The van der Waals surface area contributed by atoms with E-state index in [-0.39, 0.29) is 30.1 Å². The van der Waals surface area contributed by atoms with Crippen molar-refractivity contribution < 1.29 is 5.11 Å². The number of nitrogens with zero attached hydrogens (tertiary/aromatic N) is 1. The van der Waals surface area contributed by atoms with Crippen LogP contribution in [0.4, 0.5) is 0 Å². The van der Waals surface area contributed by atoms with Crippen LogP contribution < -0.4 is 10.6 Å². The van der Waals surface area contributed by atoms with Gasteiger partial charge in [0.05, 0.1) is 12.6 Å². The van der Waals surface area contributed by atoms with Crippen LogP contribution in [0.15, 0.2) is 17.6 Å². The summed E-state index contributed by atoms with van der Waals surface area (Å²) < 4.78 is 0. The van der Waals surface area contributed by atoms with Crippen LogP contribution >= 0.6 is 35.7 Å². The molecule has 6 heteroatoms. The van der Waals surface area contributed by atoms with Crippen molar-refractivity contribution in [3.8, 4) is 0 Å². The van der Waals surface area contributed by atoms with Crippen molar-refractivity contribution in [3.63, 3.8) is 0 Å². The van der Waals surface area contributed by atoms with Gasteiger partial charge in [-0.15, -0.1) is 30.6 Å². The lowest BCUT2D eigenvalue weighted by molar-refractivity contribution is 0.120. The van der Waals surface area contributed by atoms with Crippen molar-refractivity contribution in [2.45, 2.75) is 44.8 Å². The van der Waals surface area contributed by atoms with E-state index in [1.165, 1.54) is 0 Å². The van der Waals surface area contributed by atoms with Crippen LogP contribution in [0.5, 0.6) is 0 Å². The van der Waals surface area contributed by atoms with E-state index < -0.39 is 0 Å². The second-order valence-electron chi connectivity index (χ2n) is 4.77. The number of rotatable bonds is 7. The molecule has 1 rings (SSSR count). The van der Waals surface area contributed by atoms with E-state index in [0.717, 1.165) is 56.2 Å². The number of halogens is 1. The highest BCUT2D eigenvalue weighted by Crippen LogP contribution is 2.18. The summed E-state index contributed by atoms with van der Waals surface area (Å²) in [6.07, 6.45) is 5.66. The molecule has 0 heterocycles. The number of thioether (sulfide) groups is 1. The fourth-order valence-corrected chi connectivity index (χ4v) is 2.68. The van der Waals surface area contributed by atoms with E-state index in [1.54, 1.807) is 0 Å². The van der Waals surface area contributed by atoms with E-state index in [2.05, 4.69) is 29.1 Å². The van der Waals surface area contributed by atoms with Crippen molar-refractivity contribution in [2.24, 2.45) is 4.99 Å². The number of aliphatic hydroxyl groups is 1. The fourth-order valence-electron chi connectivity index (χ4n) is 2.12. The van der Waals surface area contributed by atoms with Gasteiger partial charge in [-0.05, 0) is 32.6 Å². The number of nitrogens with one attached hydrogen (secondary N) is 2. The summed E-state index contributed by atoms with van der Waals surface area (Å²) in [4.78, 5) is 4.58. The fraction of sp³-hybridized carbons (Fsp3) is 0.786. The highest BCUT2D eigenvalue weighted by atomic mass is 127. The molecule has 3 N–H and O–H groups in total. The monoisotopic (exact) mass is 413 g/mol. The SMILES string of the molecule is C=CCSCCN=C(NCC)NC1CCC(O)CC1.I. The molecular formula is C14H28IN3OS. The Balaban J connectivity index is 0.00000361. The van der Waals surface area contributed by atoms with Gasteiger partial charge >= 0.3 is 0 Å². The normalized spacial score (nSPS) is 22.8. The zero-order valence-corrected chi connectivity index (χ0v) is 15.5. The first kappa shape index (κ1) is 20.1. The summed E-state index contributed by atoms with van der Waals surface area (Å²) in [5.74, 6) is 2.91. The van der Waals surface area contributed by atoms with Gasteiger partial charge in [-0.2, -0.15) is 11.8 Å². The van der Waals surface area contributed by atoms with Crippen LogP contribution in [-0.4, -0.2) is 47.8 Å². The second kappa shape index (κ2) is 12.8. The quantitative estimate of drug-likeness (QED) is 0.197. The number of aliphatic imine (C=N–C) groups is 1. The van der Waals surface area contributed by atoms with Crippen molar-refractivity contribution in [3.05, 3.63) is 12.7 Å². The van der Waals surface area contributed by atoms with Gasteiger partial charge in [0, 0.05) is 24.1 Å². The van der Waals surface area contributed by atoms with Gasteiger partial charge in [-0.3, -0.25) is 4.99 Å². The lowest BCUT2D eigenvalue weighted by Crippen LogP contribution is -2.45. The number of hydrogen-bond acceptors (Lipinski definition) is 3. The molecule has 0 aromatic rings. The largest absolute Gasteiger partial charge is 0.393 e. The maximum atomic E-state index is 9.50. The first-order valence-electron chi connectivity index (χ1n) is 7.17. The van der Waals surface area contributed by atoms with Crippen molar-refractivity contribution >= 4 is 41.7 Å². The maximum absolute atomic E-state index is 9.50. The van der Waals surface area contributed by atoms with E-state index in [1.807, 2.05) is 17.8 Å². The Labute approximate surface area is 144 Å². The Kier molecular flexibility index (Phi) is 12.8. The zero-order chi connectivity index (χ0) is 13.9. The Morgan fingerprint density at radius 1 is 1.40 bits per heavy atom. The Morgan fingerprint density at radius 2 is 2.10 bits per heavy atom. The number of aliphatic hydroxyl groups excluding tert-OH is 1. The minimum atomic E-state index is -0.104. The third kappa shape index (κ3) is 9.07. The molecule has 0 spiro atoms. The molecule has 0 amide bonds. The highest BCUT2D eigenvalue weighted by molar-refractivity contribution is 14.0. The van der Waals surface area contributed by atoms with E-state index in [4.69, 9.17) is 0 Å². The summed E-state index contributed by atoms with van der Waals surface area (Å²) in [7, 11) is 0. The predicted octanol–water partition coefficient (Wildman–Crippen LogP) is 2.38. The first-order valence-corrected chi connectivity index (χ1v) is 8.33. The average molecular weight is 413 g/mol. The molecule has 1 fully saturated rings. The predicted molar refractivity (Wildman–Crippen MR) is 100 cm³/mol. The summed E-state index contributed by atoms with van der Waals surface area (Å²) in [5, 5.41) is 16.2. The summed E-state index contributed by atoms with van der Waals surface area (Å²) >= 11 is 1.85. The van der Waals surface area contributed by atoms with Crippen molar-refractivity contribution in [2.75, 3.05) is 24.6 Å². The molecule has 1 aliphatic rings. The molecule has 0 saturated heterocycles. The molecule has 0 aromatic heterocycles. The van der Waals surface area contributed by atoms with Crippen molar-refractivity contribution in [1.29, 1.82) is 0 Å². The lowest BCUT2D eigenvalue weighted by Gasteiger charge is -2.27. The molecule has 1 saturated carbocycles. The molecule has 1 aliphatic carbocycles. The maximum Gasteiger partial charge on any atom is 0.191 e. The summed E-state index contributed by atoms with van der Waals surface area (Å²) in [6, 6.07) is 0.446. The van der Waals surface area contributed by atoms with Crippen LogP contribution in [0.2, 0.25) is 0 Å². The Bertz CT molecular complexity index is 282. The lowest BCUT2D eigenvalue weighted by atomic mass is 9.93. The van der Waals surface area contributed by atoms with Gasteiger partial charge in [-0.25, -0.2) is 0 Å². The topological polar surface area (TPSA) is 56.7 Å². The second-order valence-corrected chi connectivity index (χ2v) is 5.92. The highest BCUT2D eigenvalue weighted by Gasteiger charge is 2.19. The molecule has 118 valence electrons. The minimum absolute atomic E-state index is 0. The molecule has 0 aliphatic heterocycles. The minimum Gasteiger partial charge on any atom is -0.393 e. The third-order valence-electron chi connectivity index (χ3n) is 3.12. The van der Waals surface area contributed by atoms with Crippen LogP contribution in [0.25, 0.3) is 0 Å². The molecule has 0 aromatic carbocycles. The standard InChI is InChI=1S/C14H27N3OS.HI/c1-3-10-19-11-9-16-14(15-4-2)17-12-5-7-13(18)8-6-12;/h3,12-13,18H,1,4-11H2,2H3,(H2,15,16,17);1H. The van der Waals surface area contributed by atoms with E-state index in [9.17, 15) is 5.11 Å². The molecule has 0 atom stereocenters. The Morgan fingerprint density at radius 3 is 2.70 bits per heavy atom. The summed E-state index contributed by atoms with van der Waals surface area (Å²) in [6.45, 7) is 7.48. The Hall–Kier alpha value is 0.0500. The van der Waals surface area contributed by atoms with Crippen LogP contribution in [0, 0.1) is 0 Å². The van der Waals surface area contributed by atoms with E-state index in [0.29, 0.717) is 6.04 Å². The van der Waals surface area contributed by atoms with Crippen molar-refractivity contribution in [1.82, 2.24) is 10.6 Å². The molecule has 0 bridgehead atoms. The van der Waals surface area contributed by atoms with Gasteiger partial charge in [0.1, 0.15) is 0 Å². The first-order chi connectivity index (χ1) is 9.26. The van der Waals surface area contributed by atoms with Gasteiger partial charge in [0.2, 0.25) is 0 Å².